The van der Waals surface area contributed by atoms with Crippen molar-refractivity contribution in [1.82, 2.24) is 0 Å². The summed E-state index contributed by atoms with van der Waals surface area (Å²) in [5, 5.41) is 0. The number of halogens is 2. The number of fused-ring (bicyclic) bond motifs is 5. The Labute approximate surface area is 249 Å². The van der Waals surface area contributed by atoms with Crippen LogP contribution in [0.1, 0.15) is 51.4 Å². The summed E-state index contributed by atoms with van der Waals surface area (Å²) in [6.45, 7) is 0. The van der Waals surface area contributed by atoms with Gasteiger partial charge in [-0.05, 0) is 229 Å². The second-order valence-electron chi connectivity index (χ2n) is 21.2. The normalized spacial score (nSPS) is 87.0. The van der Waals surface area contributed by atoms with Gasteiger partial charge in [-0.25, -0.2) is 8.78 Å². The van der Waals surface area contributed by atoms with E-state index in [0.29, 0.717) is 23.7 Å². The summed E-state index contributed by atoms with van der Waals surface area (Å²) >= 11 is 0. The van der Waals surface area contributed by atoms with Crippen LogP contribution in [0.2, 0.25) is 0 Å². The third kappa shape index (κ3) is 1.64. The van der Waals surface area contributed by atoms with Crippen molar-refractivity contribution < 1.29 is 8.78 Å². The Bertz CT molecular complexity index is 1300. The number of alkyl halides is 2. The van der Waals surface area contributed by atoms with E-state index in [0.717, 1.165) is 142 Å². The Morgan fingerprint density at radius 3 is 0.643 bits per heavy atom. The first-order valence-corrected chi connectivity index (χ1v) is 20.0. The minimum atomic E-state index is -1.11. The molecule has 0 aromatic heterocycles. The van der Waals surface area contributed by atoms with Crippen LogP contribution in [0.3, 0.4) is 0 Å². The summed E-state index contributed by atoms with van der Waals surface area (Å²) in [6.07, 6.45) is 9.62. The third-order valence-electron chi connectivity index (χ3n) is 23.0. The molecule has 16 aliphatic rings. The lowest BCUT2D eigenvalue weighted by molar-refractivity contribution is -0.158. The highest BCUT2D eigenvalue weighted by atomic mass is 19.2. The van der Waals surface area contributed by atoms with Crippen LogP contribution in [0, 0.1) is 178 Å². The number of hydrogen-bond donors (Lipinski definition) is 0. The first kappa shape index (κ1) is 21.6. The van der Waals surface area contributed by atoms with Gasteiger partial charge >= 0.3 is 0 Å². The Balaban J connectivity index is 1.06. The van der Waals surface area contributed by atoms with Gasteiger partial charge in [0.1, 0.15) is 12.3 Å². The predicted molar refractivity (Wildman–Crippen MR) is 151 cm³/mol. The van der Waals surface area contributed by atoms with Crippen molar-refractivity contribution in [3.8, 4) is 0 Å². The van der Waals surface area contributed by atoms with Crippen LogP contribution >= 0.6 is 0 Å². The molecule has 16 rings (SSSR count). The van der Waals surface area contributed by atoms with Gasteiger partial charge < -0.3 is 0 Å². The highest BCUT2D eigenvalue weighted by Crippen LogP contribution is 2.92. The standard InChI is InChI=1S/C40H48F2/c41-39-25-15-7-5-13-11-3-1-9-10-2-4-12-14-6-8-16-24-22(14)29-20(12)18(10)27-17(9)19(11)28-21(13)23(15)30-32(25)33(26(16)40(39)42)31(24)38-36(29)34(27)35(28)37(30)38/h9-40H,1-8H2. The molecule has 0 heterocycles. The molecule has 16 fully saturated rings. The van der Waals surface area contributed by atoms with Crippen molar-refractivity contribution in [1.29, 1.82) is 0 Å². The fourth-order valence-corrected chi connectivity index (χ4v) is 24.7. The molecule has 0 spiro atoms. The van der Waals surface area contributed by atoms with Gasteiger partial charge in [0, 0.05) is 0 Å². The molecule has 0 N–H and O–H groups in total. The molecule has 0 aromatic rings. The zero-order valence-electron chi connectivity index (χ0n) is 24.9. The first-order valence-electron chi connectivity index (χ1n) is 20.0. The topological polar surface area (TPSA) is 0 Å². The maximum atomic E-state index is 17.0. The molecule has 16 saturated carbocycles. The van der Waals surface area contributed by atoms with Crippen LogP contribution < -0.4 is 0 Å². The van der Waals surface area contributed by atoms with E-state index >= 15 is 8.78 Å². The molecule has 0 aliphatic heterocycles. The molecule has 0 radical (unpaired) electrons. The van der Waals surface area contributed by atoms with Gasteiger partial charge in [0.15, 0.2) is 0 Å². The van der Waals surface area contributed by atoms with Crippen molar-refractivity contribution in [2.75, 3.05) is 0 Å². The van der Waals surface area contributed by atoms with E-state index in [-0.39, 0.29) is 11.8 Å². The summed E-state index contributed by atoms with van der Waals surface area (Å²) < 4.78 is 34.1. The largest absolute Gasteiger partial charge is 0.244 e. The summed E-state index contributed by atoms with van der Waals surface area (Å²) in [5.74, 6) is 27.0. The zero-order chi connectivity index (χ0) is 26.1. The molecule has 0 aromatic carbocycles. The van der Waals surface area contributed by atoms with E-state index in [9.17, 15) is 0 Å². The van der Waals surface area contributed by atoms with Gasteiger partial charge in [0.05, 0.1) is 0 Å². The van der Waals surface area contributed by atoms with Crippen molar-refractivity contribution in [3.05, 3.63) is 0 Å². The molecule has 0 nitrogen and oxygen atoms in total. The lowest BCUT2D eigenvalue weighted by atomic mass is 9.43. The molecular weight excluding hydrogens is 518 g/mol. The highest BCUT2D eigenvalue weighted by molar-refractivity contribution is 5.36. The van der Waals surface area contributed by atoms with Crippen LogP contribution in [0.25, 0.3) is 0 Å². The molecule has 222 valence electrons. The molecule has 2 heteroatoms. The first-order chi connectivity index (χ1) is 20.8. The monoisotopic (exact) mass is 566 g/mol. The Morgan fingerprint density at radius 2 is 0.357 bits per heavy atom. The average Bonchev–Trinajstić information content (AvgIpc) is 3.82. The Morgan fingerprint density at radius 1 is 0.190 bits per heavy atom. The number of hydrogen-bond acceptors (Lipinski definition) is 0. The molecule has 42 heavy (non-hydrogen) atoms. The summed E-state index contributed by atoms with van der Waals surface area (Å²) in [7, 11) is 0. The fraction of sp³-hybridized carbons (Fsp3) is 1.00. The van der Waals surface area contributed by atoms with E-state index < -0.39 is 12.3 Å². The molecule has 0 saturated heterocycles. The minimum absolute atomic E-state index is 0.129. The smallest absolute Gasteiger partial charge is 0.135 e. The van der Waals surface area contributed by atoms with Crippen LogP contribution in [-0.2, 0) is 0 Å². The number of rotatable bonds is 0. The zero-order valence-corrected chi connectivity index (χ0v) is 24.9. The van der Waals surface area contributed by atoms with E-state index in [2.05, 4.69) is 0 Å². The minimum Gasteiger partial charge on any atom is -0.244 e. The molecular formula is C40H48F2. The van der Waals surface area contributed by atoms with E-state index in [1.54, 1.807) is 25.7 Å². The van der Waals surface area contributed by atoms with Crippen LogP contribution in [0.5, 0.6) is 0 Å². The molecule has 30 atom stereocenters. The molecule has 30 unspecified atom stereocenters. The second kappa shape index (κ2) is 6.02. The summed E-state index contributed by atoms with van der Waals surface area (Å²) in [6, 6.07) is 0. The van der Waals surface area contributed by atoms with Crippen LogP contribution in [-0.4, -0.2) is 12.3 Å². The molecule has 16 aliphatic carbocycles. The SMILES string of the molecule is FC1C(F)C2C3CCC4C5CCC6C7CCC8C9CCC%10C1C1C2C2C3C4C3C5C6C4C7C8C5C9C%10C1C1C5C4C3C21. The summed E-state index contributed by atoms with van der Waals surface area (Å²) in [4.78, 5) is 0. The van der Waals surface area contributed by atoms with Crippen molar-refractivity contribution in [3.63, 3.8) is 0 Å². The predicted octanol–water partition coefficient (Wildman–Crippen LogP) is 7.49. The Kier molecular flexibility index (Phi) is 3.10. The van der Waals surface area contributed by atoms with Gasteiger partial charge in [-0.15, -0.1) is 0 Å². The van der Waals surface area contributed by atoms with Crippen LogP contribution in [0.4, 0.5) is 8.78 Å². The van der Waals surface area contributed by atoms with E-state index in [4.69, 9.17) is 0 Å². The summed E-state index contributed by atoms with van der Waals surface area (Å²) in [5.41, 5.74) is 0. The fourth-order valence-electron chi connectivity index (χ4n) is 24.7. The van der Waals surface area contributed by atoms with Gasteiger partial charge in [0.2, 0.25) is 0 Å². The van der Waals surface area contributed by atoms with Crippen molar-refractivity contribution >= 4 is 0 Å². The lowest BCUT2D eigenvalue weighted by Gasteiger charge is -2.61. The maximum Gasteiger partial charge on any atom is 0.135 e. The third-order valence-corrected chi connectivity index (χ3v) is 23.0. The highest BCUT2D eigenvalue weighted by Gasteiger charge is 2.89. The lowest BCUT2D eigenvalue weighted by Crippen LogP contribution is -2.59. The quantitative estimate of drug-likeness (QED) is 0.285. The average molecular weight is 567 g/mol. The molecule has 0 amide bonds. The van der Waals surface area contributed by atoms with Gasteiger partial charge in [0.25, 0.3) is 0 Å². The molecule has 0 bridgehead atoms. The van der Waals surface area contributed by atoms with Crippen molar-refractivity contribution in [2.45, 2.75) is 63.7 Å². The van der Waals surface area contributed by atoms with E-state index in [1.807, 2.05) is 0 Å². The van der Waals surface area contributed by atoms with Crippen molar-refractivity contribution in [2.24, 2.45) is 178 Å². The van der Waals surface area contributed by atoms with Gasteiger partial charge in [-0.2, -0.15) is 0 Å². The van der Waals surface area contributed by atoms with Gasteiger partial charge in [-0.1, -0.05) is 0 Å². The maximum absolute atomic E-state index is 17.0. The van der Waals surface area contributed by atoms with Crippen LogP contribution in [0.15, 0.2) is 0 Å². The van der Waals surface area contributed by atoms with E-state index in [1.165, 1.54) is 25.7 Å². The second-order valence-corrected chi connectivity index (χ2v) is 21.2. The Hall–Kier alpha value is -0.140. The van der Waals surface area contributed by atoms with Gasteiger partial charge in [-0.3, -0.25) is 0 Å².